The molecule has 5 nitrogen and oxygen atoms in total. The van der Waals surface area contributed by atoms with Crippen molar-refractivity contribution in [2.45, 2.75) is 32.7 Å². The quantitative estimate of drug-likeness (QED) is 0.676. The molecule has 0 amide bonds. The van der Waals surface area contributed by atoms with Crippen molar-refractivity contribution in [2.75, 3.05) is 26.2 Å². The van der Waals surface area contributed by atoms with Crippen LogP contribution in [0.15, 0.2) is 0 Å². The summed E-state index contributed by atoms with van der Waals surface area (Å²) >= 11 is 0. The maximum Gasteiger partial charge on any atom is 0.276 e. The van der Waals surface area contributed by atoms with Crippen LogP contribution in [0.25, 0.3) is 0 Å². The molecule has 0 aliphatic carbocycles. The van der Waals surface area contributed by atoms with E-state index in [0.29, 0.717) is 13.1 Å². The van der Waals surface area contributed by atoms with Gasteiger partial charge in [-0.15, -0.1) is 0 Å². The highest BCUT2D eigenvalue weighted by Crippen LogP contribution is 2.10. The van der Waals surface area contributed by atoms with Gasteiger partial charge in [-0.3, -0.25) is 4.90 Å². The molecule has 1 fully saturated rings. The summed E-state index contributed by atoms with van der Waals surface area (Å²) in [6, 6.07) is 0.279. The molecule has 1 atom stereocenters. The van der Waals surface area contributed by atoms with Gasteiger partial charge in [-0.1, -0.05) is 6.92 Å². The third-order valence-corrected chi connectivity index (χ3v) is 3.88. The molecule has 0 saturated carbocycles. The van der Waals surface area contributed by atoms with Crippen LogP contribution in [0.5, 0.6) is 0 Å². The highest BCUT2D eigenvalue weighted by molar-refractivity contribution is 7.87. The van der Waals surface area contributed by atoms with Crippen molar-refractivity contribution < 1.29 is 8.42 Å². The molecule has 2 N–H and O–H groups in total. The summed E-state index contributed by atoms with van der Waals surface area (Å²) in [6.07, 6.45) is 2.45. The lowest BCUT2D eigenvalue weighted by Gasteiger charge is -2.23. The number of hydrogen-bond acceptors (Lipinski definition) is 3. The van der Waals surface area contributed by atoms with Crippen LogP contribution in [0.4, 0.5) is 0 Å². The topological polar surface area (TPSA) is 61.4 Å². The lowest BCUT2D eigenvalue weighted by atomic mass is 10.3. The fourth-order valence-corrected chi connectivity index (χ4v) is 2.73. The van der Waals surface area contributed by atoms with Crippen LogP contribution in [0.1, 0.15) is 26.7 Å². The summed E-state index contributed by atoms with van der Waals surface area (Å²) in [5.74, 6) is 0. The van der Waals surface area contributed by atoms with Gasteiger partial charge in [0.15, 0.2) is 0 Å². The number of hydrogen-bond donors (Lipinski definition) is 2. The molecule has 1 heterocycles. The molecule has 0 bridgehead atoms. The number of rotatable bonds is 6. The molecule has 1 saturated heterocycles. The molecule has 1 aliphatic rings. The SMILES string of the molecule is CCNS(=O)(=O)NCC(C)N1CCCC1. The zero-order valence-electron chi connectivity index (χ0n) is 9.49. The molecule has 0 spiro atoms. The molecule has 1 rings (SSSR count). The minimum absolute atomic E-state index is 0.279. The van der Waals surface area contributed by atoms with Crippen LogP contribution in [-0.2, 0) is 10.2 Å². The summed E-state index contributed by atoms with van der Waals surface area (Å²) in [5.41, 5.74) is 0. The predicted octanol–water partition coefficient (Wildman–Crippen LogP) is -0.0854. The summed E-state index contributed by atoms with van der Waals surface area (Å²) in [5, 5.41) is 0. The third kappa shape index (κ3) is 4.46. The fourth-order valence-electron chi connectivity index (χ4n) is 1.78. The Morgan fingerprint density at radius 3 is 2.40 bits per heavy atom. The molecule has 0 radical (unpaired) electrons. The van der Waals surface area contributed by atoms with Crippen LogP contribution in [0.3, 0.4) is 0 Å². The average Bonchev–Trinajstić information content (AvgIpc) is 2.67. The van der Waals surface area contributed by atoms with Crippen LogP contribution >= 0.6 is 0 Å². The van der Waals surface area contributed by atoms with Crippen molar-refractivity contribution in [2.24, 2.45) is 0 Å². The van der Waals surface area contributed by atoms with Crippen molar-refractivity contribution in [3.8, 4) is 0 Å². The average molecular weight is 235 g/mol. The first kappa shape index (κ1) is 12.9. The lowest BCUT2D eigenvalue weighted by molar-refractivity contribution is 0.259. The lowest BCUT2D eigenvalue weighted by Crippen LogP contribution is -2.44. The second-order valence-electron chi connectivity index (χ2n) is 3.94. The molecule has 90 valence electrons. The van der Waals surface area contributed by atoms with Crippen molar-refractivity contribution in [1.82, 2.24) is 14.3 Å². The molecular weight excluding hydrogens is 214 g/mol. The van der Waals surface area contributed by atoms with Gasteiger partial charge in [-0.25, -0.2) is 9.44 Å². The van der Waals surface area contributed by atoms with Crippen molar-refractivity contribution in [3.05, 3.63) is 0 Å². The first-order valence-electron chi connectivity index (χ1n) is 5.53. The van der Waals surface area contributed by atoms with Crippen LogP contribution < -0.4 is 9.44 Å². The number of likely N-dealkylation sites (tertiary alicyclic amines) is 1. The van der Waals surface area contributed by atoms with E-state index in [9.17, 15) is 8.42 Å². The minimum Gasteiger partial charge on any atom is -0.299 e. The molecule has 0 aromatic rings. The van der Waals surface area contributed by atoms with E-state index in [4.69, 9.17) is 0 Å². The van der Waals surface area contributed by atoms with E-state index in [-0.39, 0.29) is 6.04 Å². The Morgan fingerprint density at radius 1 is 1.27 bits per heavy atom. The van der Waals surface area contributed by atoms with Crippen LogP contribution in [0.2, 0.25) is 0 Å². The zero-order chi connectivity index (χ0) is 11.3. The standard InChI is InChI=1S/C9H21N3O2S/c1-3-10-15(13,14)11-8-9(2)12-6-4-5-7-12/h9-11H,3-8H2,1-2H3. The summed E-state index contributed by atoms with van der Waals surface area (Å²) in [6.45, 7) is 6.90. The zero-order valence-corrected chi connectivity index (χ0v) is 10.3. The van der Waals surface area contributed by atoms with E-state index in [1.54, 1.807) is 6.92 Å². The van der Waals surface area contributed by atoms with Gasteiger partial charge in [0, 0.05) is 19.1 Å². The van der Waals surface area contributed by atoms with E-state index < -0.39 is 10.2 Å². The smallest absolute Gasteiger partial charge is 0.276 e. The molecule has 0 aromatic heterocycles. The van der Waals surface area contributed by atoms with Gasteiger partial charge >= 0.3 is 0 Å². The number of nitrogens with zero attached hydrogens (tertiary/aromatic N) is 1. The third-order valence-electron chi connectivity index (χ3n) is 2.67. The van der Waals surface area contributed by atoms with E-state index in [0.717, 1.165) is 13.1 Å². The Labute approximate surface area is 92.4 Å². The van der Waals surface area contributed by atoms with Crippen LogP contribution in [-0.4, -0.2) is 45.5 Å². The van der Waals surface area contributed by atoms with E-state index in [1.807, 2.05) is 0 Å². The second kappa shape index (κ2) is 5.79. The van der Waals surface area contributed by atoms with Gasteiger partial charge in [-0.2, -0.15) is 8.42 Å². The Hall–Kier alpha value is -0.170. The maximum absolute atomic E-state index is 11.3. The summed E-state index contributed by atoms with van der Waals surface area (Å²) in [4.78, 5) is 2.31. The van der Waals surface area contributed by atoms with Crippen molar-refractivity contribution in [3.63, 3.8) is 0 Å². The Balaban J connectivity index is 2.29. The Morgan fingerprint density at radius 2 is 1.87 bits per heavy atom. The normalized spacial score (nSPS) is 20.7. The Bertz CT molecular complexity index is 273. The van der Waals surface area contributed by atoms with Gasteiger partial charge in [0.25, 0.3) is 10.2 Å². The molecule has 0 aromatic carbocycles. The predicted molar refractivity (Wildman–Crippen MR) is 60.9 cm³/mol. The fraction of sp³-hybridized carbons (Fsp3) is 1.00. The van der Waals surface area contributed by atoms with Crippen LogP contribution in [0, 0.1) is 0 Å². The summed E-state index contributed by atoms with van der Waals surface area (Å²) < 4.78 is 27.6. The van der Waals surface area contributed by atoms with Gasteiger partial charge in [0.2, 0.25) is 0 Å². The second-order valence-corrected chi connectivity index (χ2v) is 5.53. The molecular formula is C9H21N3O2S. The molecule has 1 aliphatic heterocycles. The van der Waals surface area contributed by atoms with Gasteiger partial charge in [-0.05, 0) is 32.9 Å². The highest BCUT2D eigenvalue weighted by Gasteiger charge is 2.19. The van der Waals surface area contributed by atoms with Gasteiger partial charge in [0.05, 0.1) is 0 Å². The van der Waals surface area contributed by atoms with Crippen molar-refractivity contribution in [1.29, 1.82) is 0 Å². The van der Waals surface area contributed by atoms with E-state index >= 15 is 0 Å². The maximum atomic E-state index is 11.3. The van der Waals surface area contributed by atoms with Crippen molar-refractivity contribution >= 4 is 10.2 Å². The van der Waals surface area contributed by atoms with E-state index in [2.05, 4.69) is 21.3 Å². The highest BCUT2D eigenvalue weighted by atomic mass is 32.2. The first-order chi connectivity index (χ1) is 7.05. The monoisotopic (exact) mass is 235 g/mol. The van der Waals surface area contributed by atoms with Gasteiger partial charge < -0.3 is 0 Å². The van der Waals surface area contributed by atoms with Gasteiger partial charge in [0.1, 0.15) is 0 Å². The summed E-state index contributed by atoms with van der Waals surface area (Å²) in [7, 11) is -3.28. The van der Waals surface area contributed by atoms with E-state index in [1.165, 1.54) is 12.8 Å². The number of nitrogens with one attached hydrogen (secondary N) is 2. The largest absolute Gasteiger partial charge is 0.299 e. The minimum atomic E-state index is -3.28. The Kier molecular flexibility index (Phi) is 4.98. The molecule has 15 heavy (non-hydrogen) atoms. The molecule has 6 heteroatoms. The first-order valence-corrected chi connectivity index (χ1v) is 7.02. The molecule has 1 unspecified atom stereocenters.